The normalized spacial score (nSPS) is 10.6. The van der Waals surface area contributed by atoms with Crippen LogP contribution in [0.2, 0.25) is 0 Å². The van der Waals surface area contributed by atoms with E-state index in [1.54, 1.807) is 0 Å². The summed E-state index contributed by atoms with van der Waals surface area (Å²) in [6.45, 7) is 3.14. The molecule has 1 rings (SSSR count). The summed E-state index contributed by atoms with van der Waals surface area (Å²) in [6, 6.07) is 5.17. The minimum absolute atomic E-state index is 0.278. The lowest BCUT2D eigenvalue weighted by molar-refractivity contribution is -0.274. The molecule has 0 radical (unpaired) electrons. The summed E-state index contributed by atoms with van der Waals surface area (Å²) in [6.07, 6.45) is -4.67. The molecule has 1 aromatic rings. The Morgan fingerprint density at radius 1 is 1.20 bits per heavy atom. The van der Waals surface area contributed by atoms with Crippen molar-refractivity contribution in [3.8, 4) is 5.75 Å². The van der Waals surface area contributed by atoms with Gasteiger partial charge in [0.15, 0.2) is 0 Å². The number of hydrogen-bond acceptors (Lipinski definition) is 4. The van der Waals surface area contributed by atoms with E-state index in [1.807, 2.05) is 0 Å². The zero-order valence-corrected chi connectivity index (χ0v) is 7.51. The maximum Gasteiger partial charge on any atom is 0.573 e. The minimum atomic E-state index is -4.67. The zero-order chi connectivity index (χ0) is 11.3. The van der Waals surface area contributed by atoms with E-state index in [0.29, 0.717) is 5.69 Å². The van der Waals surface area contributed by atoms with Crippen molar-refractivity contribution in [2.24, 2.45) is 5.10 Å². The SMILES string of the molecule is C=NNNc1ccc(OC(F)(F)F)cc1. The maximum absolute atomic E-state index is 11.8. The van der Waals surface area contributed by atoms with E-state index in [1.165, 1.54) is 24.3 Å². The van der Waals surface area contributed by atoms with Gasteiger partial charge in [-0.1, -0.05) is 0 Å². The van der Waals surface area contributed by atoms with E-state index in [0.717, 1.165) is 0 Å². The standard InChI is InChI=1S/C8H8F3N3O/c1-12-14-13-6-2-4-7(5-3-6)15-8(9,10)11/h2-5,13-14H,1H2. The Labute approximate surface area is 83.7 Å². The van der Waals surface area contributed by atoms with Gasteiger partial charge in [0.25, 0.3) is 0 Å². The number of rotatable bonds is 4. The molecule has 0 heterocycles. The van der Waals surface area contributed by atoms with Gasteiger partial charge in [-0.25, -0.2) is 5.53 Å². The number of anilines is 1. The summed E-state index contributed by atoms with van der Waals surface area (Å²) < 4.78 is 39.0. The van der Waals surface area contributed by atoms with E-state index >= 15 is 0 Å². The van der Waals surface area contributed by atoms with Crippen molar-refractivity contribution in [2.75, 3.05) is 5.43 Å². The van der Waals surface area contributed by atoms with Gasteiger partial charge in [-0.2, -0.15) is 5.10 Å². The monoisotopic (exact) mass is 219 g/mol. The molecule has 0 bridgehead atoms. The van der Waals surface area contributed by atoms with Crippen LogP contribution in [-0.2, 0) is 0 Å². The molecule has 7 heteroatoms. The van der Waals surface area contributed by atoms with Gasteiger partial charge in [-0.15, -0.1) is 13.2 Å². The van der Waals surface area contributed by atoms with Crippen molar-refractivity contribution >= 4 is 12.4 Å². The number of hydrazine groups is 1. The van der Waals surface area contributed by atoms with Crippen LogP contribution in [0.15, 0.2) is 29.4 Å². The molecule has 0 aliphatic heterocycles. The van der Waals surface area contributed by atoms with E-state index in [-0.39, 0.29) is 5.75 Å². The summed E-state index contributed by atoms with van der Waals surface area (Å²) in [5.74, 6) is -0.278. The molecule has 0 saturated heterocycles. The molecular weight excluding hydrogens is 211 g/mol. The molecule has 0 atom stereocenters. The first-order chi connectivity index (χ1) is 7.01. The van der Waals surface area contributed by atoms with Gasteiger partial charge in [0.2, 0.25) is 0 Å². The first-order valence-electron chi connectivity index (χ1n) is 3.84. The number of benzene rings is 1. The summed E-state index contributed by atoms with van der Waals surface area (Å²) in [7, 11) is 0. The molecule has 0 saturated carbocycles. The average molecular weight is 219 g/mol. The van der Waals surface area contributed by atoms with Crippen LogP contribution in [0.5, 0.6) is 5.75 Å². The molecule has 2 N–H and O–H groups in total. The third kappa shape index (κ3) is 4.21. The van der Waals surface area contributed by atoms with E-state index in [4.69, 9.17) is 0 Å². The van der Waals surface area contributed by atoms with Crippen molar-refractivity contribution in [3.63, 3.8) is 0 Å². The Morgan fingerprint density at radius 3 is 2.27 bits per heavy atom. The van der Waals surface area contributed by atoms with Crippen LogP contribution >= 0.6 is 0 Å². The highest BCUT2D eigenvalue weighted by Gasteiger charge is 2.30. The average Bonchev–Trinajstić information content (AvgIpc) is 2.14. The Morgan fingerprint density at radius 2 is 1.80 bits per heavy atom. The topological polar surface area (TPSA) is 45.7 Å². The quantitative estimate of drug-likeness (QED) is 0.602. The predicted octanol–water partition coefficient (Wildman–Crippen LogP) is 2.12. The van der Waals surface area contributed by atoms with Crippen LogP contribution in [-0.4, -0.2) is 13.1 Å². The molecule has 0 spiro atoms. The summed E-state index contributed by atoms with van der Waals surface area (Å²) >= 11 is 0. The molecule has 0 unspecified atom stereocenters. The largest absolute Gasteiger partial charge is 0.573 e. The molecule has 0 aliphatic rings. The molecule has 82 valence electrons. The maximum atomic E-state index is 11.8. The molecular formula is C8H8F3N3O. The van der Waals surface area contributed by atoms with Crippen molar-refractivity contribution in [1.82, 2.24) is 5.53 Å². The van der Waals surface area contributed by atoms with Crippen LogP contribution in [0.3, 0.4) is 0 Å². The number of ether oxygens (including phenoxy) is 1. The minimum Gasteiger partial charge on any atom is -0.406 e. The van der Waals surface area contributed by atoms with Gasteiger partial charge in [0.05, 0.1) is 5.69 Å². The van der Waals surface area contributed by atoms with Gasteiger partial charge in [-0.05, 0) is 24.3 Å². The number of alkyl halides is 3. The van der Waals surface area contributed by atoms with Crippen molar-refractivity contribution in [3.05, 3.63) is 24.3 Å². The number of nitrogens with zero attached hydrogens (tertiary/aromatic N) is 1. The highest BCUT2D eigenvalue weighted by molar-refractivity contribution is 5.45. The van der Waals surface area contributed by atoms with Gasteiger partial charge < -0.3 is 4.74 Å². The number of hydrazone groups is 1. The van der Waals surface area contributed by atoms with Crippen molar-refractivity contribution in [2.45, 2.75) is 6.36 Å². The molecule has 0 amide bonds. The molecule has 1 aromatic carbocycles. The van der Waals surface area contributed by atoms with Gasteiger partial charge in [0, 0.05) is 6.72 Å². The Kier molecular flexibility index (Phi) is 3.37. The van der Waals surface area contributed by atoms with Crippen LogP contribution in [0.4, 0.5) is 18.9 Å². The van der Waals surface area contributed by atoms with E-state index in [2.05, 4.69) is 27.5 Å². The second kappa shape index (κ2) is 4.54. The first-order valence-corrected chi connectivity index (χ1v) is 3.84. The van der Waals surface area contributed by atoms with Gasteiger partial charge in [-0.3, -0.25) is 5.43 Å². The van der Waals surface area contributed by atoms with Crippen molar-refractivity contribution < 1.29 is 17.9 Å². The first kappa shape index (κ1) is 11.2. The fraction of sp³-hybridized carbons (Fsp3) is 0.125. The lowest BCUT2D eigenvalue weighted by Crippen LogP contribution is -2.17. The van der Waals surface area contributed by atoms with Crippen molar-refractivity contribution in [1.29, 1.82) is 0 Å². The third-order valence-electron chi connectivity index (χ3n) is 1.37. The lowest BCUT2D eigenvalue weighted by atomic mass is 10.3. The molecule has 0 aromatic heterocycles. The highest BCUT2D eigenvalue weighted by Crippen LogP contribution is 2.23. The number of nitrogens with one attached hydrogen (secondary N) is 2. The Balaban J connectivity index is 2.60. The van der Waals surface area contributed by atoms with Gasteiger partial charge >= 0.3 is 6.36 Å². The van der Waals surface area contributed by atoms with Crippen LogP contribution < -0.4 is 15.7 Å². The molecule has 15 heavy (non-hydrogen) atoms. The Hall–Kier alpha value is -1.92. The second-order valence-corrected chi connectivity index (χ2v) is 2.47. The fourth-order valence-electron chi connectivity index (χ4n) is 0.844. The van der Waals surface area contributed by atoms with E-state index in [9.17, 15) is 13.2 Å². The summed E-state index contributed by atoms with van der Waals surface area (Å²) in [5, 5.41) is 3.29. The number of halogens is 3. The third-order valence-corrected chi connectivity index (χ3v) is 1.37. The molecule has 0 aliphatic carbocycles. The number of hydrogen-bond donors (Lipinski definition) is 2. The molecule has 0 fully saturated rings. The molecule has 4 nitrogen and oxygen atoms in total. The second-order valence-electron chi connectivity index (χ2n) is 2.47. The van der Waals surface area contributed by atoms with Gasteiger partial charge in [0.1, 0.15) is 5.75 Å². The smallest absolute Gasteiger partial charge is 0.406 e. The van der Waals surface area contributed by atoms with Crippen LogP contribution in [0.25, 0.3) is 0 Å². The van der Waals surface area contributed by atoms with E-state index < -0.39 is 6.36 Å². The fourth-order valence-corrected chi connectivity index (χ4v) is 0.844. The predicted molar refractivity (Wildman–Crippen MR) is 49.4 cm³/mol. The summed E-state index contributed by atoms with van der Waals surface area (Å²) in [5.41, 5.74) is 5.44. The Bertz CT molecular complexity index is 323. The summed E-state index contributed by atoms with van der Waals surface area (Å²) in [4.78, 5) is 0. The lowest BCUT2D eigenvalue weighted by Gasteiger charge is -2.09. The van der Waals surface area contributed by atoms with Crippen LogP contribution in [0, 0.1) is 0 Å². The van der Waals surface area contributed by atoms with Crippen LogP contribution in [0.1, 0.15) is 0 Å². The highest BCUT2D eigenvalue weighted by atomic mass is 19.4. The zero-order valence-electron chi connectivity index (χ0n) is 7.51.